The van der Waals surface area contributed by atoms with Crippen LogP contribution < -0.4 is 4.74 Å². The van der Waals surface area contributed by atoms with Crippen molar-refractivity contribution in [3.63, 3.8) is 0 Å². The van der Waals surface area contributed by atoms with Crippen molar-refractivity contribution in [1.29, 1.82) is 0 Å². The van der Waals surface area contributed by atoms with Crippen molar-refractivity contribution in [2.75, 3.05) is 33.4 Å². The molecule has 2 saturated heterocycles. The largest absolute Gasteiger partial charge is 0.488 e. The van der Waals surface area contributed by atoms with Crippen LogP contribution in [0.1, 0.15) is 57.6 Å². The normalized spacial score (nSPS) is 20.1. The monoisotopic (exact) mass is 545 g/mol. The van der Waals surface area contributed by atoms with Crippen LogP contribution in [0.5, 0.6) is 5.75 Å². The van der Waals surface area contributed by atoms with Crippen LogP contribution in [-0.4, -0.2) is 67.6 Å². The van der Waals surface area contributed by atoms with E-state index in [9.17, 15) is 18.3 Å². The fourth-order valence-corrected chi connectivity index (χ4v) is 7.58. The lowest BCUT2D eigenvalue weighted by atomic mass is 9.83. The predicted molar refractivity (Wildman–Crippen MR) is 145 cm³/mol. The van der Waals surface area contributed by atoms with Gasteiger partial charge in [0.25, 0.3) is 0 Å². The Labute approximate surface area is 225 Å². The molecular weight excluding hydrogens is 506 g/mol. The Bertz CT molecular complexity index is 1270. The fourth-order valence-electron chi connectivity index (χ4n) is 5.44. The minimum atomic E-state index is -4.00. The third-order valence-corrected chi connectivity index (χ3v) is 10.2. The third kappa shape index (κ3) is 5.47. The van der Waals surface area contributed by atoms with Crippen LogP contribution in [-0.2, 0) is 29.9 Å². The van der Waals surface area contributed by atoms with Crippen LogP contribution in [0.25, 0.3) is 11.1 Å². The van der Waals surface area contributed by atoms with Crippen LogP contribution in [0.4, 0.5) is 0 Å². The van der Waals surface area contributed by atoms with Gasteiger partial charge < -0.3 is 19.3 Å². The van der Waals surface area contributed by atoms with E-state index in [4.69, 9.17) is 14.2 Å². The van der Waals surface area contributed by atoms with Gasteiger partial charge in [-0.05, 0) is 74.9 Å². The molecule has 1 N–H and O–H groups in total. The zero-order valence-corrected chi connectivity index (χ0v) is 23.8. The van der Waals surface area contributed by atoms with Gasteiger partial charge in [-0.3, -0.25) is 4.79 Å². The predicted octanol–water partition coefficient (Wildman–Crippen LogP) is 4.17. The number of sulfonamides is 1. The Morgan fingerprint density at radius 1 is 1.03 bits per heavy atom. The van der Waals surface area contributed by atoms with E-state index >= 15 is 0 Å². The molecule has 8 nitrogen and oxygen atoms in total. The SMILES string of the molecule is COC(=O)C1(S(=O)(=O)N2CCC(O)(c3ccc(-c4cccc(OC(C)(C)C)c4)c(C)c3)CC2)CCOCC1. The molecule has 2 aromatic rings. The van der Waals surface area contributed by atoms with Crippen LogP contribution >= 0.6 is 0 Å². The Hall–Kier alpha value is -2.46. The van der Waals surface area contributed by atoms with Crippen molar-refractivity contribution in [3.05, 3.63) is 53.6 Å². The molecule has 0 aliphatic carbocycles. The standard InChI is InChI=1S/C29H39NO7S/c1-21-19-23(9-10-25(21)22-7-6-8-24(20-22)37-27(2,3)4)28(32)11-15-30(16-12-28)38(33,34)29(26(31)35-5)13-17-36-18-14-29/h6-10,19-20,32H,11-18H2,1-5H3. The van der Waals surface area contributed by atoms with E-state index in [1.54, 1.807) is 0 Å². The molecule has 0 spiro atoms. The molecule has 38 heavy (non-hydrogen) atoms. The Morgan fingerprint density at radius 3 is 2.26 bits per heavy atom. The first-order valence-electron chi connectivity index (χ1n) is 13.1. The van der Waals surface area contributed by atoms with Gasteiger partial charge in [0.15, 0.2) is 4.75 Å². The van der Waals surface area contributed by atoms with Gasteiger partial charge in [0, 0.05) is 39.1 Å². The number of esters is 1. The number of carbonyl (C=O) groups is 1. The van der Waals surface area contributed by atoms with Gasteiger partial charge in [-0.15, -0.1) is 0 Å². The molecule has 2 heterocycles. The molecule has 0 bridgehead atoms. The molecule has 4 rings (SSSR count). The summed E-state index contributed by atoms with van der Waals surface area (Å²) in [5.41, 5.74) is 2.35. The topological polar surface area (TPSA) is 102 Å². The smallest absolute Gasteiger partial charge is 0.328 e. The molecule has 0 saturated carbocycles. The first-order valence-corrected chi connectivity index (χ1v) is 14.5. The van der Waals surface area contributed by atoms with Crippen LogP contribution in [0.3, 0.4) is 0 Å². The maximum Gasteiger partial charge on any atom is 0.328 e. The second-order valence-corrected chi connectivity index (χ2v) is 13.6. The molecule has 0 aromatic heterocycles. The molecule has 0 unspecified atom stereocenters. The summed E-state index contributed by atoms with van der Waals surface area (Å²) in [5, 5.41) is 11.6. The zero-order chi connectivity index (χ0) is 27.8. The number of hydrogen-bond donors (Lipinski definition) is 1. The van der Waals surface area contributed by atoms with E-state index in [2.05, 4.69) is 0 Å². The molecule has 208 valence electrons. The lowest BCUT2D eigenvalue weighted by molar-refractivity contribution is -0.146. The van der Waals surface area contributed by atoms with E-state index < -0.39 is 26.3 Å². The number of methoxy groups -OCH3 is 1. The second kappa shape index (κ2) is 10.6. The number of hydrogen-bond acceptors (Lipinski definition) is 7. The molecule has 2 aromatic carbocycles. The summed E-state index contributed by atoms with van der Waals surface area (Å²) >= 11 is 0. The average Bonchev–Trinajstić information content (AvgIpc) is 2.88. The van der Waals surface area contributed by atoms with Crippen molar-refractivity contribution >= 4 is 16.0 Å². The van der Waals surface area contributed by atoms with Gasteiger partial charge in [0.2, 0.25) is 10.0 Å². The number of ether oxygens (including phenoxy) is 3. The van der Waals surface area contributed by atoms with Gasteiger partial charge in [-0.25, -0.2) is 12.7 Å². The van der Waals surface area contributed by atoms with Gasteiger partial charge in [0.05, 0.1) is 12.7 Å². The maximum atomic E-state index is 13.7. The number of benzene rings is 2. The molecule has 0 atom stereocenters. The lowest BCUT2D eigenvalue weighted by Gasteiger charge is -2.42. The molecule has 0 radical (unpaired) electrons. The van der Waals surface area contributed by atoms with E-state index in [0.29, 0.717) is 0 Å². The molecule has 2 aliphatic heterocycles. The number of piperidine rings is 1. The summed E-state index contributed by atoms with van der Waals surface area (Å²) in [5.74, 6) is 0.0461. The number of carbonyl (C=O) groups excluding carboxylic acids is 1. The molecule has 2 aliphatic rings. The van der Waals surface area contributed by atoms with Crippen molar-refractivity contribution in [2.24, 2.45) is 0 Å². The minimum absolute atomic E-state index is 0.0609. The summed E-state index contributed by atoms with van der Waals surface area (Å²) in [6, 6.07) is 13.8. The van der Waals surface area contributed by atoms with E-state index in [-0.39, 0.29) is 57.6 Å². The summed E-state index contributed by atoms with van der Waals surface area (Å²) in [4.78, 5) is 12.7. The second-order valence-electron chi connectivity index (χ2n) is 11.3. The minimum Gasteiger partial charge on any atom is -0.488 e. The Morgan fingerprint density at radius 2 is 1.68 bits per heavy atom. The Kier molecular flexibility index (Phi) is 7.96. The van der Waals surface area contributed by atoms with Crippen molar-refractivity contribution < 1.29 is 32.5 Å². The average molecular weight is 546 g/mol. The fraction of sp³-hybridized carbons (Fsp3) is 0.552. The first kappa shape index (κ1) is 28.5. The summed E-state index contributed by atoms with van der Waals surface area (Å²) in [6.45, 7) is 8.63. The van der Waals surface area contributed by atoms with E-state index in [1.165, 1.54) is 11.4 Å². The van der Waals surface area contributed by atoms with Crippen molar-refractivity contribution in [2.45, 2.75) is 69.3 Å². The van der Waals surface area contributed by atoms with Crippen LogP contribution in [0.2, 0.25) is 0 Å². The summed E-state index contributed by atoms with van der Waals surface area (Å²) in [6.07, 6.45) is 0.582. The van der Waals surface area contributed by atoms with Gasteiger partial charge >= 0.3 is 5.97 Å². The van der Waals surface area contributed by atoms with Gasteiger partial charge in [-0.2, -0.15) is 0 Å². The highest BCUT2D eigenvalue weighted by molar-refractivity contribution is 7.91. The first-order chi connectivity index (χ1) is 17.8. The number of aliphatic hydroxyl groups is 1. The highest BCUT2D eigenvalue weighted by atomic mass is 32.2. The van der Waals surface area contributed by atoms with Crippen LogP contribution in [0, 0.1) is 6.92 Å². The summed E-state index contributed by atoms with van der Waals surface area (Å²) in [7, 11) is -2.79. The lowest BCUT2D eigenvalue weighted by Crippen LogP contribution is -2.59. The van der Waals surface area contributed by atoms with Crippen molar-refractivity contribution in [3.8, 4) is 16.9 Å². The van der Waals surface area contributed by atoms with E-state index in [0.717, 1.165) is 28.0 Å². The highest BCUT2D eigenvalue weighted by Crippen LogP contribution is 2.40. The van der Waals surface area contributed by atoms with Gasteiger partial charge in [-0.1, -0.05) is 30.3 Å². The molecular formula is C29H39NO7S. The number of nitrogens with zero attached hydrogens (tertiary/aromatic N) is 1. The van der Waals surface area contributed by atoms with E-state index in [1.807, 2.05) is 70.2 Å². The highest BCUT2D eigenvalue weighted by Gasteiger charge is 2.56. The quantitative estimate of drug-likeness (QED) is 0.544. The van der Waals surface area contributed by atoms with Crippen LogP contribution in [0.15, 0.2) is 42.5 Å². The third-order valence-electron chi connectivity index (χ3n) is 7.57. The number of rotatable bonds is 6. The molecule has 0 amide bonds. The molecule has 2 fully saturated rings. The zero-order valence-electron chi connectivity index (χ0n) is 23.0. The number of aryl methyl sites for hydroxylation is 1. The molecule has 9 heteroatoms. The van der Waals surface area contributed by atoms with Crippen molar-refractivity contribution in [1.82, 2.24) is 4.31 Å². The van der Waals surface area contributed by atoms with Gasteiger partial charge in [0.1, 0.15) is 11.4 Å². The maximum absolute atomic E-state index is 13.7. The summed E-state index contributed by atoms with van der Waals surface area (Å²) < 4.78 is 43.3. The Balaban J connectivity index is 1.53.